The van der Waals surface area contributed by atoms with Gasteiger partial charge in [0.2, 0.25) is 0 Å². The highest BCUT2D eigenvalue weighted by molar-refractivity contribution is 7.90. The third-order valence-corrected chi connectivity index (χ3v) is 5.38. The van der Waals surface area contributed by atoms with Gasteiger partial charge in [-0.1, -0.05) is 19.1 Å². The summed E-state index contributed by atoms with van der Waals surface area (Å²) in [5.41, 5.74) is 1.11. The molecule has 0 aromatic heterocycles. The summed E-state index contributed by atoms with van der Waals surface area (Å²) in [7, 11) is -3.12. The average Bonchev–Trinajstić information content (AvgIpc) is 2.53. The Bertz CT molecular complexity index is 580. The van der Waals surface area contributed by atoms with Crippen molar-refractivity contribution in [3.8, 4) is 0 Å². The molecule has 0 unspecified atom stereocenters. The lowest BCUT2D eigenvalue weighted by Crippen LogP contribution is -2.41. The van der Waals surface area contributed by atoms with Gasteiger partial charge >= 0.3 is 0 Å². The van der Waals surface area contributed by atoms with E-state index in [0.29, 0.717) is 10.8 Å². The second-order valence-corrected chi connectivity index (χ2v) is 8.51. The fourth-order valence-electron chi connectivity index (χ4n) is 2.79. The third-order valence-electron chi connectivity index (χ3n) is 4.25. The molecule has 130 valence electrons. The standard InChI is InChI=1S/C17H28N2O3S/c1-14(13-19-8-10-22-11-9-19)12-18-15(2)16-4-6-17(7-5-16)23(3,20)21/h4-7,14-15,18H,8-13H2,1-3H3/t14-,15-/m0/s1. The van der Waals surface area contributed by atoms with Gasteiger partial charge in [-0.05, 0) is 37.1 Å². The molecule has 0 saturated carbocycles. The van der Waals surface area contributed by atoms with E-state index in [-0.39, 0.29) is 6.04 Å². The molecular weight excluding hydrogens is 312 g/mol. The van der Waals surface area contributed by atoms with Gasteiger partial charge in [-0.3, -0.25) is 4.90 Å². The van der Waals surface area contributed by atoms with E-state index in [1.54, 1.807) is 12.1 Å². The van der Waals surface area contributed by atoms with Crippen LogP contribution in [0.5, 0.6) is 0 Å². The Hall–Kier alpha value is -0.950. The van der Waals surface area contributed by atoms with Crippen LogP contribution in [0.15, 0.2) is 29.2 Å². The van der Waals surface area contributed by atoms with Gasteiger partial charge in [-0.15, -0.1) is 0 Å². The van der Waals surface area contributed by atoms with Gasteiger partial charge in [-0.25, -0.2) is 8.42 Å². The molecule has 0 aliphatic carbocycles. The molecule has 23 heavy (non-hydrogen) atoms. The third kappa shape index (κ3) is 5.88. The molecule has 0 bridgehead atoms. The molecule has 0 spiro atoms. The molecule has 1 aromatic rings. The first-order valence-electron chi connectivity index (χ1n) is 8.20. The Morgan fingerprint density at radius 2 is 1.78 bits per heavy atom. The summed E-state index contributed by atoms with van der Waals surface area (Å²) >= 11 is 0. The first-order valence-corrected chi connectivity index (χ1v) is 10.1. The maximum Gasteiger partial charge on any atom is 0.175 e. The summed E-state index contributed by atoms with van der Waals surface area (Å²) in [4.78, 5) is 2.82. The normalized spacial score (nSPS) is 19.4. The highest BCUT2D eigenvalue weighted by Crippen LogP contribution is 2.16. The smallest absolute Gasteiger partial charge is 0.175 e. The first-order chi connectivity index (χ1) is 10.9. The van der Waals surface area contributed by atoms with Crippen LogP contribution in [0.4, 0.5) is 0 Å². The van der Waals surface area contributed by atoms with Crippen molar-refractivity contribution < 1.29 is 13.2 Å². The lowest BCUT2D eigenvalue weighted by atomic mass is 10.1. The van der Waals surface area contributed by atoms with Gasteiger partial charge < -0.3 is 10.1 Å². The Labute approximate surface area is 139 Å². The van der Waals surface area contributed by atoms with Crippen LogP contribution >= 0.6 is 0 Å². The fraction of sp³-hybridized carbons (Fsp3) is 0.647. The Balaban J connectivity index is 1.80. The minimum Gasteiger partial charge on any atom is -0.379 e. The van der Waals surface area contributed by atoms with Gasteiger partial charge in [0.1, 0.15) is 0 Å². The summed E-state index contributed by atoms with van der Waals surface area (Å²) in [5.74, 6) is 0.561. The van der Waals surface area contributed by atoms with Crippen molar-refractivity contribution in [3.05, 3.63) is 29.8 Å². The molecule has 0 radical (unpaired) electrons. The van der Waals surface area contributed by atoms with Crippen molar-refractivity contribution in [3.63, 3.8) is 0 Å². The summed E-state index contributed by atoms with van der Waals surface area (Å²) in [5, 5.41) is 3.54. The predicted molar refractivity (Wildman–Crippen MR) is 92.4 cm³/mol. The highest BCUT2D eigenvalue weighted by atomic mass is 32.2. The van der Waals surface area contributed by atoms with E-state index in [1.807, 2.05) is 12.1 Å². The molecule has 1 aromatic carbocycles. The van der Waals surface area contributed by atoms with E-state index in [9.17, 15) is 8.42 Å². The number of hydrogen-bond acceptors (Lipinski definition) is 5. The van der Waals surface area contributed by atoms with Crippen LogP contribution in [0.2, 0.25) is 0 Å². The number of nitrogens with zero attached hydrogens (tertiary/aromatic N) is 1. The molecule has 1 saturated heterocycles. The lowest BCUT2D eigenvalue weighted by Gasteiger charge is -2.29. The number of rotatable bonds is 7. The summed E-state index contributed by atoms with van der Waals surface area (Å²) < 4.78 is 28.3. The van der Waals surface area contributed by atoms with Crippen molar-refractivity contribution >= 4 is 9.84 Å². The number of ether oxygens (including phenoxy) is 1. The quantitative estimate of drug-likeness (QED) is 0.819. The Morgan fingerprint density at radius 3 is 2.35 bits per heavy atom. The summed E-state index contributed by atoms with van der Waals surface area (Å²) in [6.07, 6.45) is 1.23. The summed E-state index contributed by atoms with van der Waals surface area (Å²) in [6, 6.07) is 7.34. The predicted octanol–water partition coefficient (Wildman–Crippen LogP) is 1.71. The largest absolute Gasteiger partial charge is 0.379 e. The molecule has 6 heteroatoms. The second-order valence-electron chi connectivity index (χ2n) is 6.49. The molecule has 1 fully saturated rings. The van der Waals surface area contributed by atoms with E-state index < -0.39 is 9.84 Å². The van der Waals surface area contributed by atoms with Gasteiger partial charge in [0.15, 0.2) is 9.84 Å². The van der Waals surface area contributed by atoms with Gasteiger partial charge in [0.05, 0.1) is 18.1 Å². The van der Waals surface area contributed by atoms with Crippen molar-refractivity contribution in [2.24, 2.45) is 5.92 Å². The van der Waals surface area contributed by atoms with Gasteiger partial charge in [0, 0.05) is 31.9 Å². The molecule has 1 aliphatic heterocycles. The van der Waals surface area contributed by atoms with Crippen molar-refractivity contribution in [1.82, 2.24) is 10.2 Å². The Kier molecular flexibility index (Phi) is 6.59. The molecule has 1 N–H and O–H groups in total. The monoisotopic (exact) mass is 340 g/mol. The van der Waals surface area contributed by atoms with E-state index in [4.69, 9.17) is 4.74 Å². The molecule has 1 heterocycles. The molecule has 2 atom stereocenters. The number of benzene rings is 1. The van der Waals surface area contributed by atoms with E-state index >= 15 is 0 Å². The van der Waals surface area contributed by atoms with Crippen LogP contribution < -0.4 is 5.32 Å². The van der Waals surface area contributed by atoms with E-state index in [2.05, 4.69) is 24.1 Å². The van der Waals surface area contributed by atoms with Crippen molar-refractivity contribution in [2.45, 2.75) is 24.8 Å². The second kappa shape index (κ2) is 8.24. The molecule has 0 amide bonds. The SMILES string of the molecule is C[C@@H](CN[C@@H](C)c1ccc(S(C)(=O)=O)cc1)CN1CCOCC1. The maximum absolute atomic E-state index is 11.5. The van der Waals surface area contributed by atoms with Crippen molar-refractivity contribution in [2.75, 3.05) is 45.6 Å². The van der Waals surface area contributed by atoms with Gasteiger partial charge in [-0.2, -0.15) is 0 Å². The number of sulfone groups is 1. The molecular formula is C17H28N2O3S. The van der Waals surface area contributed by atoms with Crippen LogP contribution in [-0.4, -0.2) is 59.0 Å². The fourth-order valence-corrected chi connectivity index (χ4v) is 3.42. The first kappa shape index (κ1) is 18.4. The molecule has 2 rings (SSSR count). The number of hydrogen-bond donors (Lipinski definition) is 1. The topological polar surface area (TPSA) is 58.6 Å². The minimum absolute atomic E-state index is 0.204. The van der Waals surface area contributed by atoms with Crippen LogP contribution in [0.3, 0.4) is 0 Å². The van der Waals surface area contributed by atoms with E-state index in [0.717, 1.165) is 45.0 Å². The van der Waals surface area contributed by atoms with E-state index in [1.165, 1.54) is 6.26 Å². The average molecular weight is 340 g/mol. The number of nitrogens with one attached hydrogen (secondary N) is 1. The highest BCUT2D eigenvalue weighted by Gasteiger charge is 2.15. The van der Waals surface area contributed by atoms with Crippen LogP contribution in [-0.2, 0) is 14.6 Å². The minimum atomic E-state index is -3.12. The van der Waals surface area contributed by atoms with Crippen LogP contribution in [0.1, 0.15) is 25.5 Å². The molecule has 5 nitrogen and oxygen atoms in total. The summed E-state index contributed by atoms with van der Waals surface area (Å²) in [6.45, 7) is 10.1. The lowest BCUT2D eigenvalue weighted by molar-refractivity contribution is 0.0317. The zero-order chi connectivity index (χ0) is 16.9. The van der Waals surface area contributed by atoms with Gasteiger partial charge in [0.25, 0.3) is 0 Å². The van der Waals surface area contributed by atoms with Crippen LogP contribution in [0.25, 0.3) is 0 Å². The molecule has 1 aliphatic rings. The van der Waals surface area contributed by atoms with Crippen molar-refractivity contribution in [1.29, 1.82) is 0 Å². The Morgan fingerprint density at radius 1 is 1.17 bits per heavy atom. The zero-order valence-electron chi connectivity index (χ0n) is 14.3. The maximum atomic E-state index is 11.5. The number of morpholine rings is 1. The zero-order valence-corrected chi connectivity index (χ0v) is 15.1. The van der Waals surface area contributed by atoms with Crippen LogP contribution in [0, 0.1) is 5.92 Å².